The molecule has 2 aromatic rings. The van der Waals surface area contributed by atoms with Crippen LogP contribution in [0.3, 0.4) is 0 Å². The van der Waals surface area contributed by atoms with Crippen LogP contribution in [0.15, 0.2) is 48.5 Å². The number of fused-ring (bicyclic) bond motifs is 1. The van der Waals surface area contributed by atoms with E-state index in [4.69, 9.17) is 4.74 Å². The number of amides is 3. The molecule has 172 valence electrons. The summed E-state index contributed by atoms with van der Waals surface area (Å²) in [6.07, 6.45) is -0.0349. The number of hydrogen-bond acceptors (Lipinski definition) is 5. The molecule has 0 aromatic heterocycles. The molecule has 8 heteroatoms. The zero-order valence-electron chi connectivity index (χ0n) is 18.8. The molecule has 3 amide bonds. The lowest BCUT2D eigenvalue weighted by molar-refractivity contribution is -0.134. The largest absolute Gasteiger partial charge is 0.488 e. The van der Waals surface area contributed by atoms with Gasteiger partial charge >= 0.3 is 6.03 Å². The number of rotatable bonds is 6. The van der Waals surface area contributed by atoms with Gasteiger partial charge in [-0.15, -0.1) is 0 Å². The number of carbonyl (C=O) groups is 2. The van der Waals surface area contributed by atoms with Crippen LogP contribution in [-0.2, 0) is 11.2 Å². The quantitative estimate of drug-likeness (QED) is 0.553. The van der Waals surface area contributed by atoms with Gasteiger partial charge in [-0.1, -0.05) is 25.1 Å². The number of aliphatic hydroxyl groups excluding tert-OH is 1. The molecule has 0 unspecified atom stereocenters. The van der Waals surface area contributed by atoms with Gasteiger partial charge in [-0.2, -0.15) is 0 Å². The Kier molecular flexibility index (Phi) is 8.08. The van der Waals surface area contributed by atoms with E-state index in [1.54, 1.807) is 35.2 Å². The number of aliphatic hydroxyl groups is 1. The molecule has 0 bridgehead atoms. The van der Waals surface area contributed by atoms with Crippen LogP contribution in [-0.4, -0.2) is 60.8 Å². The molecule has 0 saturated carbocycles. The Morgan fingerprint density at radius 2 is 1.91 bits per heavy atom. The lowest BCUT2D eigenvalue weighted by Gasteiger charge is -2.32. The highest BCUT2D eigenvalue weighted by Crippen LogP contribution is 2.29. The van der Waals surface area contributed by atoms with Crippen LogP contribution in [0.4, 0.5) is 16.2 Å². The Morgan fingerprint density at radius 1 is 1.19 bits per heavy atom. The third-order valence-electron chi connectivity index (χ3n) is 5.61. The molecule has 0 saturated heterocycles. The van der Waals surface area contributed by atoms with Crippen molar-refractivity contribution in [1.82, 2.24) is 10.2 Å². The molecule has 3 rings (SSSR count). The third kappa shape index (κ3) is 5.99. The smallest absolute Gasteiger partial charge is 0.323 e. The van der Waals surface area contributed by atoms with Crippen molar-refractivity contribution >= 4 is 23.3 Å². The van der Waals surface area contributed by atoms with Crippen molar-refractivity contribution < 1.29 is 19.4 Å². The van der Waals surface area contributed by atoms with Crippen molar-refractivity contribution in [3.8, 4) is 5.75 Å². The summed E-state index contributed by atoms with van der Waals surface area (Å²) in [6, 6.07) is 13.8. The first-order valence-corrected chi connectivity index (χ1v) is 10.9. The number of anilines is 2. The minimum absolute atomic E-state index is 0.0563. The van der Waals surface area contributed by atoms with Crippen molar-refractivity contribution in [3.05, 3.63) is 54.1 Å². The SMILES string of the molecule is CNC[C@@H]1Oc2ccc(NC(=O)Nc3ccccc3)cc2CC(=O)N([C@@H](C)CO)C[C@@H]1C. The molecule has 32 heavy (non-hydrogen) atoms. The fourth-order valence-electron chi connectivity index (χ4n) is 3.77. The first-order chi connectivity index (χ1) is 15.4. The molecule has 1 aliphatic heterocycles. The summed E-state index contributed by atoms with van der Waals surface area (Å²) in [7, 11) is 1.86. The van der Waals surface area contributed by atoms with E-state index in [9.17, 15) is 14.7 Å². The van der Waals surface area contributed by atoms with E-state index < -0.39 is 0 Å². The summed E-state index contributed by atoms with van der Waals surface area (Å²) < 4.78 is 6.30. The van der Waals surface area contributed by atoms with Crippen LogP contribution in [0, 0.1) is 5.92 Å². The summed E-state index contributed by atoms with van der Waals surface area (Å²) in [5.41, 5.74) is 1.94. The van der Waals surface area contributed by atoms with Gasteiger partial charge in [-0.25, -0.2) is 4.79 Å². The van der Waals surface area contributed by atoms with Crippen LogP contribution in [0.1, 0.15) is 19.4 Å². The number of likely N-dealkylation sites (N-methyl/N-ethyl adjacent to an activating group) is 1. The number of para-hydroxylation sites is 1. The minimum atomic E-state index is -0.372. The molecular weight excluding hydrogens is 408 g/mol. The summed E-state index contributed by atoms with van der Waals surface area (Å²) >= 11 is 0. The molecule has 0 fully saturated rings. The minimum Gasteiger partial charge on any atom is -0.488 e. The zero-order chi connectivity index (χ0) is 23.1. The van der Waals surface area contributed by atoms with Crippen LogP contribution >= 0.6 is 0 Å². The van der Waals surface area contributed by atoms with Gasteiger partial charge in [0.2, 0.25) is 5.91 Å². The average Bonchev–Trinajstić information content (AvgIpc) is 2.82. The van der Waals surface area contributed by atoms with Crippen LogP contribution in [0.5, 0.6) is 5.75 Å². The Balaban J connectivity index is 1.85. The highest BCUT2D eigenvalue weighted by atomic mass is 16.5. The Bertz CT molecular complexity index is 921. The van der Waals surface area contributed by atoms with Gasteiger partial charge in [0.25, 0.3) is 0 Å². The maximum Gasteiger partial charge on any atom is 0.323 e. The molecule has 0 aliphatic carbocycles. The van der Waals surface area contributed by atoms with Gasteiger partial charge in [-0.05, 0) is 44.3 Å². The normalized spacial score (nSPS) is 19.6. The van der Waals surface area contributed by atoms with Gasteiger partial charge in [0.15, 0.2) is 0 Å². The van der Waals surface area contributed by atoms with E-state index in [-0.39, 0.29) is 43.0 Å². The molecule has 2 aromatic carbocycles. The van der Waals surface area contributed by atoms with Gasteiger partial charge in [0, 0.05) is 35.9 Å². The summed E-state index contributed by atoms with van der Waals surface area (Å²) in [4.78, 5) is 27.2. The average molecular weight is 441 g/mol. The van der Waals surface area contributed by atoms with Crippen LogP contribution in [0.25, 0.3) is 0 Å². The molecule has 0 spiro atoms. The maximum absolute atomic E-state index is 13.1. The number of urea groups is 1. The molecule has 1 heterocycles. The molecule has 4 N–H and O–H groups in total. The highest BCUT2D eigenvalue weighted by molar-refractivity contribution is 5.99. The predicted molar refractivity (Wildman–Crippen MR) is 125 cm³/mol. The Morgan fingerprint density at radius 3 is 2.59 bits per heavy atom. The fraction of sp³-hybridized carbons (Fsp3) is 0.417. The van der Waals surface area contributed by atoms with Crippen LogP contribution in [0.2, 0.25) is 0 Å². The molecule has 0 radical (unpaired) electrons. The van der Waals surface area contributed by atoms with E-state index in [1.165, 1.54) is 0 Å². The van der Waals surface area contributed by atoms with Crippen molar-refractivity contribution in [1.29, 1.82) is 0 Å². The second kappa shape index (κ2) is 11.0. The number of ether oxygens (including phenoxy) is 1. The molecular formula is C24H32N4O4. The first-order valence-electron chi connectivity index (χ1n) is 10.9. The van der Waals surface area contributed by atoms with Gasteiger partial charge < -0.3 is 30.7 Å². The monoisotopic (exact) mass is 440 g/mol. The van der Waals surface area contributed by atoms with E-state index >= 15 is 0 Å². The summed E-state index contributed by atoms with van der Waals surface area (Å²) in [6.45, 7) is 4.88. The van der Waals surface area contributed by atoms with Crippen molar-refractivity contribution in [2.45, 2.75) is 32.4 Å². The van der Waals surface area contributed by atoms with Gasteiger partial charge in [-0.3, -0.25) is 4.79 Å². The molecule has 8 nitrogen and oxygen atoms in total. The summed E-state index contributed by atoms with van der Waals surface area (Å²) in [5, 5.41) is 18.4. The predicted octanol–water partition coefficient (Wildman–Crippen LogP) is 2.70. The molecule has 3 atom stereocenters. The van der Waals surface area contributed by atoms with E-state index in [0.717, 1.165) is 0 Å². The van der Waals surface area contributed by atoms with Gasteiger partial charge in [0.05, 0.1) is 19.1 Å². The Labute approximate surface area is 189 Å². The topological polar surface area (TPSA) is 103 Å². The number of nitrogens with zero attached hydrogens (tertiary/aromatic N) is 1. The number of carbonyl (C=O) groups excluding carboxylic acids is 2. The first kappa shape index (κ1) is 23.6. The second-order valence-corrected chi connectivity index (χ2v) is 8.21. The number of hydrogen-bond donors (Lipinski definition) is 4. The standard InChI is InChI=1S/C24H32N4O4/c1-16-14-28(17(2)15-29)23(30)12-18-11-20(9-10-21(18)32-22(16)13-25-3)27-24(31)26-19-7-5-4-6-8-19/h4-11,16-17,22,25,29H,12-15H2,1-3H3,(H2,26,27,31)/t16-,17-,22-/m0/s1. The van der Waals surface area contributed by atoms with E-state index in [1.807, 2.05) is 39.1 Å². The van der Waals surface area contributed by atoms with Crippen LogP contribution < -0.4 is 20.7 Å². The number of benzene rings is 2. The third-order valence-corrected chi connectivity index (χ3v) is 5.61. The molecule has 1 aliphatic rings. The van der Waals surface area contributed by atoms with E-state index in [2.05, 4.69) is 16.0 Å². The Hall–Kier alpha value is -3.10. The fourth-order valence-corrected chi connectivity index (χ4v) is 3.77. The number of nitrogens with one attached hydrogen (secondary N) is 3. The van der Waals surface area contributed by atoms with Crippen molar-refractivity contribution in [2.24, 2.45) is 5.92 Å². The zero-order valence-corrected chi connectivity index (χ0v) is 18.8. The lowest BCUT2D eigenvalue weighted by atomic mass is 10.0. The lowest BCUT2D eigenvalue weighted by Crippen LogP contribution is -2.47. The maximum atomic E-state index is 13.1. The van der Waals surface area contributed by atoms with Crippen molar-refractivity contribution in [3.63, 3.8) is 0 Å². The summed E-state index contributed by atoms with van der Waals surface area (Å²) in [5.74, 6) is 0.595. The highest BCUT2D eigenvalue weighted by Gasteiger charge is 2.30. The van der Waals surface area contributed by atoms with Gasteiger partial charge in [0.1, 0.15) is 11.9 Å². The second-order valence-electron chi connectivity index (χ2n) is 8.21. The van der Waals surface area contributed by atoms with Crippen molar-refractivity contribution in [2.75, 3.05) is 37.4 Å². The van der Waals surface area contributed by atoms with E-state index in [0.29, 0.717) is 35.8 Å².